The van der Waals surface area contributed by atoms with Crippen LogP contribution in [-0.2, 0) is 4.79 Å². The number of aliphatic hydroxyl groups is 1. The van der Waals surface area contributed by atoms with E-state index < -0.39 is 17.2 Å². The van der Waals surface area contributed by atoms with Gasteiger partial charge in [-0.2, -0.15) is 0 Å². The fraction of sp³-hybridized carbons (Fsp3) is 0.923. The van der Waals surface area contributed by atoms with E-state index in [0.717, 1.165) is 0 Å². The Labute approximate surface area is 97.2 Å². The molecular formula is C13H23FO2. The van der Waals surface area contributed by atoms with E-state index in [2.05, 4.69) is 0 Å². The molecule has 1 N–H and O–H groups in total. The molecule has 1 fully saturated rings. The molecule has 0 heterocycles. The van der Waals surface area contributed by atoms with Gasteiger partial charge in [0.1, 0.15) is 11.5 Å². The van der Waals surface area contributed by atoms with Crippen molar-refractivity contribution in [2.24, 2.45) is 17.3 Å². The van der Waals surface area contributed by atoms with Crippen molar-refractivity contribution in [3.8, 4) is 0 Å². The molecule has 0 aromatic carbocycles. The highest BCUT2D eigenvalue weighted by molar-refractivity contribution is 5.86. The molecule has 0 amide bonds. The van der Waals surface area contributed by atoms with Crippen LogP contribution in [0.5, 0.6) is 0 Å². The topological polar surface area (TPSA) is 37.3 Å². The maximum Gasteiger partial charge on any atom is 0.143 e. The minimum atomic E-state index is -1.15. The average Bonchev–Trinajstić information content (AvgIpc) is 2.11. The summed E-state index contributed by atoms with van der Waals surface area (Å²) in [5.41, 5.74) is -1.92. The minimum Gasteiger partial charge on any atom is -0.392 e. The van der Waals surface area contributed by atoms with Crippen molar-refractivity contribution >= 4 is 5.78 Å². The third-order valence-electron chi connectivity index (χ3n) is 3.72. The van der Waals surface area contributed by atoms with Gasteiger partial charge in [-0.25, -0.2) is 4.39 Å². The maximum absolute atomic E-state index is 13.4. The van der Waals surface area contributed by atoms with Gasteiger partial charge in [-0.15, -0.1) is 0 Å². The number of hydrogen-bond acceptors (Lipinski definition) is 2. The molecular weight excluding hydrogens is 207 g/mol. The SMILES string of the molecule is CC(C)C(=O)C(C)(C)C(O)C1CC(C)(F)C1. The molecule has 94 valence electrons. The Morgan fingerprint density at radius 3 is 2.19 bits per heavy atom. The Bertz CT molecular complexity index is 274. The van der Waals surface area contributed by atoms with Gasteiger partial charge in [-0.1, -0.05) is 27.7 Å². The summed E-state index contributed by atoms with van der Waals surface area (Å²) >= 11 is 0. The van der Waals surface area contributed by atoms with E-state index in [1.54, 1.807) is 20.8 Å². The Hall–Kier alpha value is -0.440. The van der Waals surface area contributed by atoms with Crippen LogP contribution in [0.1, 0.15) is 47.5 Å². The molecule has 1 aliphatic rings. The fourth-order valence-electron chi connectivity index (χ4n) is 2.74. The first-order chi connectivity index (χ1) is 7.08. The van der Waals surface area contributed by atoms with Crippen molar-refractivity contribution in [2.75, 3.05) is 0 Å². The molecule has 1 rings (SSSR count). The number of rotatable bonds is 4. The van der Waals surface area contributed by atoms with Gasteiger partial charge in [0.2, 0.25) is 0 Å². The van der Waals surface area contributed by atoms with Crippen molar-refractivity contribution < 1.29 is 14.3 Å². The van der Waals surface area contributed by atoms with E-state index in [0.29, 0.717) is 12.8 Å². The lowest BCUT2D eigenvalue weighted by Crippen LogP contribution is -2.51. The van der Waals surface area contributed by atoms with E-state index in [4.69, 9.17) is 0 Å². The van der Waals surface area contributed by atoms with Crippen LogP contribution >= 0.6 is 0 Å². The zero-order valence-electron chi connectivity index (χ0n) is 10.9. The van der Waals surface area contributed by atoms with E-state index in [9.17, 15) is 14.3 Å². The smallest absolute Gasteiger partial charge is 0.143 e. The van der Waals surface area contributed by atoms with Crippen LogP contribution in [0.3, 0.4) is 0 Å². The van der Waals surface area contributed by atoms with Crippen molar-refractivity contribution in [2.45, 2.75) is 59.2 Å². The van der Waals surface area contributed by atoms with Crippen LogP contribution in [0.4, 0.5) is 4.39 Å². The van der Waals surface area contributed by atoms with Gasteiger partial charge >= 0.3 is 0 Å². The lowest BCUT2D eigenvalue weighted by Gasteiger charge is -2.46. The monoisotopic (exact) mass is 230 g/mol. The summed E-state index contributed by atoms with van der Waals surface area (Å²) in [5, 5.41) is 10.2. The quantitative estimate of drug-likeness (QED) is 0.806. The summed E-state index contributed by atoms with van der Waals surface area (Å²) in [4.78, 5) is 12.0. The molecule has 0 saturated heterocycles. The Kier molecular flexibility index (Phi) is 3.49. The third-order valence-corrected chi connectivity index (χ3v) is 3.72. The molecule has 3 heteroatoms. The number of Topliss-reactive ketones (excluding diaryl/α,β-unsaturated/α-hetero) is 1. The Balaban J connectivity index is 2.67. The molecule has 1 atom stereocenters. The largest absolute Gasteiger partial charge is 0.392 e. The van der Waals surface area contributed by atoms with Gasteiger partial charge < -0.3 is 5.11 Å². The highest BCUT2D eigenvalue weighted by atomic mass is 19.1. The molecule has 0 radical (unpaired) electrons. The second kappa shape index (κ2) is 4.10. The number of hydrogen-bond donors (Lipinski definition) is 1. The van der Waals surface area contributed by atoms with Crippen molar-refractivity contribution in [1.82, 2.24) is 0 Å². The second-order valence-electron chi connectivity index (χ2n) is 6.27. The molecule has 1 aliphatic carbocycles. The van der Waals surface area contributed by atoms with Gasteiger partial charge in [0.15, 0.2) is 0 Å². The normalized spacial score (nSPS) is 32.4. The summed E-state index contributed by atoms with van der Waals surface area (Å²) in [5.74, 6) is -0.123. The van der Waals surface area contributed by atoms with Crippen LogP contribution in [0, 0.1) is 17.3 Å². The molecule has 0 spiro atoms. The Morgan fingerprint density at radius 1 is 1.44 bits per heavy atom. The van der Waals surface area contributed by atoms with Crippen molar-refractivity contribution in [3.63, 3.8) is 0 Å². The van der Waals surface area contributed by atoms with Crippen molar-refractivity contribution in [3.05, 3.63) is 0 Å². The highest BCUT2D eigenvalue weighted by Crippen LogP contribution is 2.46. The van der Waals surface area contributed by atoms with Crippen LogP contribution in [0.25, 0.3) is 0 Å². The lowest BCUT2D eigenvalue weighted by molar-refractivity contribution is -0.145. The molecule has 0 bridgehead atoms. The standard InChI is InChI=1S/C13H23FO2/c1-8(2)10(15)12(3,4)11(16)9-6-13(5,14)7-9/h8-9,11,16H,6-7H2,1-5H3. The third kappa shape index (κ3) is 2.45. The van der Waals surface area contributed by atoms with E-state index >= 15 is 0 Å². The molecule has 0 aliphatic heterocycles. The summed E-state index contributed by atoms with van der Waals surface area (Å²) in [6.07, 6.45) is -0.00223. The molecule has 2 nitrogen and oxygen atoms in total. The fourth-order valence-corrected chi connectivity index (χ4v) is 2.74. The molecule has 0 aromatic rings. The zero-order valence-corrected chi connectivity index (χ0v) is 10.9. The van der Waals surface area contributed by atoms with Crippen LogP contribution in [0.2, 0.25) is 0 Å². The first-order valence-corrected chi connectivity index (χ1v) is 5.99. The van der Waals surface area contributed by atoms with Crippen LogP contribution < -0.4 is 0 Å². The number of carbonyl (C=O) groups is 1. The Morgan fingerprint density at radius 2 is 1.88 bits per heavy atom. The van der Waals surface area contributed by atoms with Crippen LogP contribution in [-0.4, -0.2) is 22.7 Å². The van der Waals surface area contributed by atoms with E-state index in [1.165, 1.54) is 0 Å². The summed E-state index contributed by atoms with van der Waals surface area (Å²) in [7, 11) is 0. The number of carbonyl (C=O) groups excluding carboxylic acids is 1. The van der Waals surface area contributed by atoms with Gasteiger partial charge in [-0.05, 0) is 25.7 Å². The van der Waals surface area contributed by atoms with E-state index in [-0.39, 0.29) is 17.6 Å². The summed E-state index contributed by atoms with van der Waals surface area (Å²) < 4.78 is 13.4. The van der Waals surface area contributed by atoms with Gasteiger partial charge in [0.05, 0.1) is 6.10 Å². The zero-order chi connectivity index (χ0) is 12.7. The average molecular weight is 230 g/mol. The van der Waals surface area contributed by atoms with E-state index in [1.807, 2.05) is 13.8 Å². The highest BCUT2D eigenvalue weighted by Gasteiger charge is 2.50. The molecule has 1 unspecified atom stereocenters. The lowest BCUT2D eigenvalue weighted by atomic mass is 9.63. The first-order valence-electron chi connectivity index (χ1n) is 5.99. The van der Waals surface area contributed by atoms with Crippen molar-refractivity contribution in [1.29, 1.82) is 0 Å². The molecule has 16 heavy (non-hydrogen) atoms. The van der Waals surface area contributed by atoms with Gasteiger partial charge in [0, 0.05) is 11.3 Å². The molecule has 0 aromatic heterocycles. The maximum atomic E-state index is 13.4. The van der Waals surface area contributed by atoms with Gasteiger partial charge in [0.25, 0.3) is 0 Å². The summed E-state index contributed by atoms with van der Waals surface area (Å²) in [6.45, 7) is 8.73. The number of aliphatic hydroxyl groups excluding tert-OH is 1. The second-order valence-corrected chi connectivity index (χ2v) is 6.27. The number of alkyl halides is 1. The van der Waals surface area contributed by atoms with Gasteiger partial charge in [-0.3, -0.25) is 4.79 Å². The predicted molar refractivity (Wildman–Crippen MR) is 61.9 cm³/mol. The number of ketones is 1. The molecule has 1 saturated carbocycles. The number of halogens is 1. The first kappa shape index (κ1) is 13.6. The van der Waals surface area contributed by atoms with Crippen LogP contribution in [0.15, 0.2) is 0 Å². The summed E-state index contributed by atoms with van der Waals surface area (Å²) in [6, 6.07) is 0. The predicted octanol–water partition coefficient (Wildman–Crippen LogP) is 2.74. The minimum absolute atomic E-state index is 0.0486.